The Morgan fingerprint density at radius 3 is 2.44 bits per heavy atom. The molecule has 4 aromatic rings. The smallest absolute Gasteiger partial charge is 0.352 e. The van der Waals surface area contributed by atoms with E-state index in [-0.39, 0.29) is 17.0 Å². The summed E-state index contributed by atoms with van der Waals surface area (Å²) in [5, 5.41) is 10.5. The van der Waals surface area contributed by atoms with Gasteiger partial charge in [0.2, 0.25) is 0 Å². The second-order valence-corrected chi connectivity index (χ2v) is 10.6. The van der Waals surface area contributed by atoms with Crippen LogP contribution in [0.5, 0.6) is 0 Å². The van der Waals surface area contributed by atoms with Crippen LogP contribution < -0.4 is 10.6 Å². The molecule has 1 fully saturated rings. The van der Waals surface area contributed by atoms with Crippen molar-refractivity contribution >= 4 is 44.3 Å². The number of anilines is 1. The summed E-state index contributed by atoms with van der Waals surface area (Å²) in [7, 11) is 0. The predicted octanol–water partition coefficient (Wildman–Crippen LogP) is 6.27. The standard InChI is InChI=1S/C28H25BrF3N5O2/c1-15-25(35-27(39)22-12-24(28(30,31)32)34-23-10-9-20(29)11-21(22)23)16(2)37(36-15)14-18-5-7-19(8-6-18)26(38)33-13-17-3-4-17/h5-12,17H,3-4,13-14H2,1-2H3,(H,33,38)(H,35,39). The molecule has 2 aromatic carbocycles. The molecule has 2 aromatic heterocycles. The summed E-state index contributed by atoms with van der Waals surface area (Å²) < 4.78 is 42.8. The lowest BCUT2D eigenvalue weighted by atomic mass is 10.1. The Kier molecular flexibility index (Phi) is 7.19. The van der Waals surface area contributed by atoms with Crippen molar-refractivity contribution in [2.75, 3.05) is 11.9 Å². The van der Waals surface area contributed by atoms with Crippen LogP contribution >= 0.6 is 15.9 Å². The number of carbonyl (C=O) groups is 2. The third kappa shape index (κ3) is 5.98. The number of amides is 2. The van der Waals surface area contributed by atoms with Gasteiger partial charge in [0.1, 0.15) is 5.69 Å². The number of aromatic nitrogens is 3. The Balaban J connectivity index is 1.36. The summed E-state index contributed by atoms with van der Waals surface area (Å²) in [5.74, 6) is -0.202. The van der Waals surface area contributed by atoms with Gasteiger partial charge in [-0.3, -0.25) is 14.3 Å². The highest BCUT2D eigenvalue weighted by Gasteiger charge is 2.34. The van der Waals surface area contributed by atoms with Crippen LogP contribution in [0.4, 0.5) is 18.9 Å². The second kappa shape index (κ2) is 10.4. The van der Waals surface area contributed by atoms with E-state index in [1.807, 2.05) is 12.1 Å². The van der Waals surface area contributed by atoms with Gasteiger partial charge in [0.05, 0.1) is 34.7 Å². The van der Waals surface area contributed by atoms with Crippen LogP contribution in [0.3, 0.4) is 0 Å². The topological polar surface area (TPSA) is 88.9 Å². The third-order valence-electron chi connectivity index (χ3n) is 6.72. The molecule has 1 saturated carbocycles. The zero-order chi connectivity index (χ0) is 27.9. The molecule has 0 saturated heterocycles. The molecule has 1 aliphatic carbocycles. The highest BCUT2D eigenvalue weighted by molar-refractivity contribution is 9.10. The zero-order valence-electron chi connectivity index (χ0n) is 21.2. The summed E-state index contributed by atoms with van der Waals surface area (Å²) in [6.07, 6.45) is -2.38. The summed E-state index contributed by atoms with van der Waals surface area (Å²) in [6, 6.07) is 12.6. The molecule has 1 aliphatic rings. The molecule has 11 heteroatoms. The highest BCUT2D eigenvalue weighted by atomic mass is 79.9. The zero-order valence-corrected chi connectivity index (χ0v) is 22.8. The molecule has 0 unspecified atom stereocenters. The van der Waals surface area contributed by atoms with Gasteiger partial charge in [0, 0.05) is 22.0 Å². The van der Waals surface area contributed by atoms with E-state index in [1.54, 1.807) is 42.8 Å². The molecule has 2 amide bonds. The van der Waals surface area contributed by atoms with E-state index in [9.17, 15) is 22.8 Å². The Bertz CT molecular complexity index is 1580. The fourth-order valence-electron chi connectivity index (χ4n) is 4.34. The second-order valence-electron chi connectivity index (χ2n) is 9.72. The molecule has 2 heterocycles. The van der Waals surface area contributed by atoms with Gasteiger partial charge >= 0.3 is 6.18 Å². The molecular weight excluding hydrogens is 575 g/mol. The van der Waals surface area contributed by atoms with Crippen molar-refractivity contribution < 1.29 is 22.8 Å². The maximum absolute atomic E-state index is 13.5. The van der Waals surface area contributed by atoms with Gasteiger partial charge in [-0.1, -0.05) is 28.1 Å². The van der Waals surface area contributed by atoms with Crippen molar-refractivity contribution in [3.8, 4) is 0 Å². The first-order valence-corrected chi connectivity index (χ1v) is 13.2. The van der Waals surface area contributed by atoms with E-state index in [0.717, 1.165) is 24.5 Å². The lowest BCUT2D eigenvalue weighted by molar-refractivity contribution is -0.140. The number of nitrogens with one attached hydrogen (secondary N) is 2. The number of nitrogens with zero attached hydrogens (tertiary/aromatic N) is 3. The number of benzene rings is 2. The van der Waals surface area contributed by atoms with E-state index in [2.05, 4.69) is 36.6 Å². The van der Waals surface area contributed by atoms with Crippen LogP contribution in [0.2, 0.25) is 0 Å². The van der Waals surface area contributed by atoms with Crippen molar-refractivity contribution in [2.45, 2.75) is 39.4 Å². The number of alkyl halides is 3. The number of aryl methyl sites for hydroxylation is 1. The largest absolute Gasteiger partial charge is 0.433 e. The van der Waals surface area contributed by atoms with E-state index >= 15 is 0 Å². The first-order valence-electron chi connectivity index (χ1n) is 12.4. The van der Waals surface area contributed by atoms with Crippen LogP contribution in [0, 0.1) is 19.8 Å². The quantitative estimate of drug-likeness (QED) is 0.262. The van der Waals surface area contributed by atoms with Crippen molar-refractivity contribution in [1.82, 2.24) is 20.1 Å². The Labute approximate surface area is 230 Å². The van der Waals surface area contributed by atoms with E-state index in [0.29, 0.717) is 51.5 Å². The van der Waals surface area contributed by atoms with Crippen molar-refractivity contribution in [1.29, 1.82) is 0 Å². The predicted molar refractivity (Wildman–Crippen MR) is 145 cm³/mol. The van der Waals surface area contributed by atoms with E-state index in [4.69, 9.17) is 0 Å². The number of carbonyl (C=O) groups excluding carboxylic acids is 2. The molecular formula is C28H25BrF3N5O2. The van der Waals surface area contributed by atoms with Crippen molar-refractivity contribution in [3.05, 3.63) is 86.8 Å². The van der Waals surface area contributed by atoms with Crippen LogP contribution in [-0.2, 0) is 12.7 Å². The third-order valence-corrected chi connectivity index (χ3v) is 7.22. The van der Waals surface area contributed by atoms with Gasteiger partial charge in [-0.05, 0) is 74.6 Å². The first kappa shape index (κ1) is 26.9. The van der Waals surface area contributed by atoms with Crippen LogP contribution in [0.25, 0.3) is 10.9 Å². The van der Waals surface area contributed by atoms with Gasteiger partial charge < -0.3 is 10.6 Å². The monoisotopic (exact) mass is 599 g/mol. The van der Waals surface area contributed by atoms with Gasteiger partial charge in [0.15, 0.2) is 0 Å². The lowest BCUT2D eigenvalue weighted by Gasteiger charge is -2.13. The minimum atomic E-state index is -4.71. The average molecular weight is 600 g/mol. The molecule has 0 spiro atoms. The number of hydrogen-bond donors (Lipinski definition) is 2. The van der Waals surface area contributed by atoms with Gasteiger partial charge in [0.25, 0.3) is 11.8 Å². The van der Waals surface area contributed by atoms with E-state index < -0.39 is 17.8 Å². The van der Waals surface area contributed by atoms with Gasteiger partial charge in [-0.25, -0.2) is 4.98 Å². The minimum Gasteiger partial charge on any atom is -0.352 e. The Hall–Kier alpha value is -3.73. The fraction of sp³-hybridized carbons (Fsp3) is 0.286. The summed E-state index contributed by atoms with van der Waals surface area (Å²) in [4.78, 5) is 29.3. The first-order chi connectivity index (χ1) is 18.5. The molecule has 0 bridgehead atoms. The molecule has 7 nitrogen and oxygen atoms in total. The molecule has 5 rings (SSSR count). The van der Waals surface area contributed by atoms with Crippen molar-refractivity contribution in [2.24, 2.45) is 5.92 Å². The van der Waals surface area contributed by atoms with Crippen LogP contribution in [0.15, 0.2) is 53.0 Å². The van der Waals surface area contributed by atoms with Gasteiger partial charge in [-0.2, -0.15) is 18.3 Å². The molecule has 0 aliphatic heterocycles. The Morgan fingerprint density at radius 2 is 1.77 bits per heavy atom. The fourth-order valence-corrected chi connectivity index (χ4v) is 4.70. The molecule has 0 radical (unpaired) electrons. The van der Waals surface area contributed by atoms with Crippen molar-refractivity contribution in [3.63, 3.8) is 0 Å². The average Bonchev–Trinajstić information content (AvgIpc) is 3.69. The normalized spacial score (nSPS) is 13.5. The molecule has 202 valence electrons. The Morgan fingerprint density at radius 1 is 1.05 bits per heavy atom. The number of rotatable bonds is 7. The van der Waals surface area contributed by atoms with E-state index in [1.165, 1.54) is 6.07 Å². The maximum atomic E-state index is 13.5. The number of halogens is 4. The minimum absolute atomic E-state index is 0.0620. The molecule has 0 atom stereocenters. The van der Waals surface area contributed by atoms with Gasteiger partial charge in [-0.15, -0.1) is 0 Å². The summed E-state index contributed by atoms with van der Waals surface area (Å²) in [6.45, 7) is 4.58. The lowest BCUT2D eigenvalue weighted by Crippen LogP contribution is -2.25. The number of fused-ring (bicyclic) bond motifs is 1. The summed E-state index contributed by atoms with van der Waals surface area (Å²) >= 11 is 3.31. The molecule has 39 heavy (non-hydrogen) atoms. The van der Waals surface area contributed by atoms with Crippen LogP contribution in [-0.4, -0.2) is 33.1 Å². The highest BCUT2D eigenvalue weighted by Crippen LogP contribution is 2.33. The number of pyridine rings is 1. The SMILES string of the molecule is Cc1nn(Cc2ccc(C(=O)NCC3CC3)cc2)c(C)c1NC(=O)c1cc(C(F)(F)F)nc2ccc(Br)cc12. The maximum Gasteiger partial charge on any atom is 0.433 e. The van der Waals surface area contributed by atoms with Crippen LogP contribution in [0.1, 0.15) is 56.2 Å². The number of hydrogen-bond acceptors (Lipinski definition) is 4. The summed E-state index contributed by atoms with van der Waals surface area (Å²) in [5.41, 5.74) is 1.84. The molecule has 2 N–H and O–H groups in total.